The minimum atomic E-state index is -0.486. The number of carbonyl (C=O) groups excluding carboxylic acids is 2. The number of carbonyl (C=O) groups is 2. The fourth-order valence-corrected chi connectivity index (χ4v) is 4.01. The van der Waals surface area contributed by atoms with E-state index in [2.05, 4.69) is 24.3 Å². The average molecular weight is 358 g/mol. The molecule has 1 saturated heterocycles. The van der Waals surface area contributed by atoms with Crippen LogP contribution in [-0.2, 0) is 16.0 Å². The van der Waals surface area contributed by atoms with Gasteiger partial charge >= 0.3 is 6.09 Å². The number of amides is 2. The second-order valence-electron chi connectivity index (χ2n) is 8.44. The van der Waals surface area contributed by atoms with Gasteiger partial charge < -0.3 is 14.5 Å². The minimum absolute atomic E-state index is 0.00792. The van der Waals surface area contributed by atoms with Crippen LogP contribution in [0.1, 0.15) is 57.2 Å². The SMILES string of the molecule is CN(C(=O)C1CCN(C(=O)OC(C)(C)C)CC1)[C@H]1CCc2ccccc21. The summed E-state index contributed by atoms with van der Waals surface area (Å²) in [5.74, 6) is 0.196. The van der Waals surface area contributed by atoms with Crippen molar-refractivity contribution >= 4 is 12.0 Å². The normalized spacial score (nSPS) is 20.6. The van der Waals surface area contributed by atoms with Crippen LogP contribution in [0.25, 0.3) is 0 Å². The van der Waals surface area contributed by atoms with E-state index in [1.54, 1.807) is 4.90 Å². The van der Waals surface area contributed by atoms with E-state index in [-0.39, 0.29) is 24.0 Å². The lowest BCUT2D eigenvalue weighted by Gasteiger charge is -2.35. The number of hydrogen-bond acceptors (Lipinski definition) is 3. The molecule has 1 atom stereocenters. The quantitative estimate of drug-likeness (QED) is 0.808. The summed E-state index contributed by atoms with van der Waals surface area (Å²) in [6, 6.07) is 8.60. The Kier molecular flexibility index (Phi) is 5.26. The predicted molar refractivity (Wildman–Crippen MR) is 101 cm³/mol. The number of nitrogens with zero attached hydrogens (tertiary/aromatic N) is 2. The van der Waals surface area contributed by atoms with Crippen LogP contribution in [0.2, 0.25) is 0 Å². The maximum Gasteiger partial charge on any atom is 0.410 e. The van der Waals surface area contributed by atoms with Crippen LogP contribution in [-0.4, -0.2) is 47.5 Å². The van der Waals surface area contributed by atoms with Crippen LogP contribution in [0, 0.1) is 5.92 Å². The molecule has 0 spiro atoms. The van der Waals surface area contributed by atoms with Crippen molar-refractivity contribution in [2.45, 2.75) is 58.1 Å². The maximum absolute atomic E-state index is 13.0. The number of hydrogen-bond donors (Lipinski definition) is 0. The van der Waals surface area contributed by atoms with E-state index in [0.717, 1.165) is 12.8 Å². The zero-order valence-electron chi connectivity index (χ0n) is 16.3. The van der Waals surface area contributed by atoms with Crippen molar-refractivity contribution in [3.63, 3.8) is 0 Å². The highest BCUT2D eigenvalue weighted by Gasteiger charge is 2.35. The van der Waals surface area contributed by atoms with E-state index in [9.17, 15) is 9.59 Å². The summed E-state index contributed by atoms with van der Waals surface area (Å²) in [4.78, 5) is 28.8. The van der Waals surface area contributed by atoms with Gasteiger partial charge in [0.1, 0.15) is 5.60 Å². The van der Waals surface area contributed by atoms with Crippen molar-refractivity contribution < 1.29 is 14.3 Å². The van der Waals surface area contributed by atoms with Crippen LogP contribution in [0.4, 0.5) is 4.79 Å². The van der Waals surface area contributed by atoms with Crippen molar-refractivity contribution in [3.05, 3.63) is 35.4 Å². The molecule has 0 unspecified atom stereocenters. The van der Waals surface area contributed by atoms with Gasteiger partial charge in [0.15, 0.2) is 0 Å². The summed E-state index contributed by atoms with van der Waals surface area (Å²) in [6.45, 7) is 6.78. The van der Waals surface area contributed by atoms with Gasteiger partial charge in [0, 0.05) is 26.1 Å². The first kappa shape index (κ1) is 18.7. The zero-order chi connectivity index (χ0) is 18.9. The summed E-state index contributed by atoms with van der Waals surface area (Å²) in [5, 5.41) is 0. The molecule has 3 rings (SSSR count). The van der Waals surface area contributed by atoms with Gasteiger partial charge in [-0.05, 0) is 57.6 Å². The van der Waals surface area contributed by atoms with Gasteiger partial charge in [0.2, 0.25) is 5.91 Å². The number of fused-ring (bicyclic) bond motifs is 1. The summed E-state index contributed by atoms with van der Waals surface area (Å²) < 4.78 is 5.43. The zero-order valence-corrected chi connectivity index (χ0v) is 16.3. The van der Waals surface area contributed by atoms with Crippen LogP contribution < -0.4 is 0 Å². The lowest BCUT2D eigenvalue weighted by molar-refractivity contribution is -0.138. The van der Waals surface area contributed by atoms with Crippen molar-refractivity contribution in [2.75, 3.05) is 20.1 Å². The molecule has 5 heteroatoms. The van der Waals surface area contributed by atoms with E-state index in [4.69, 9.17) is 4.74 Å². The number of aryl methyl sites for hydroxylation is 1. The van der Waals surface area contributed by atoms with E-state index in [1.807, 2.05) is 32.7 Å². The number of likely N-dealkylation sites (tertiary alicyclic amines) is 1. The third-order valence-electron chi connectivity index (χ3n) is 5.41. The third-order valence-corrected chi connectivity index (χ3v) is 5.41. The second kappa shape index (κ2) is 7.29. The standard InChI is InChI=1S/C21H30N2O3/c1-21(2,3)26-20(25)23-13-11-16(12-14-23)19(24)22(4)18-10-9-15-7-5-6-8-17(15)18/h5-8,16,18H,9-14H2,1-4H3/t18-/m0/s1. The monoisotopic (exact) mass is 358 g/mol. The Morgan fingerprint density at radius 3 is 2.42 bits per heavy atom. The van der Waals surface area contributed by atoms with E-state index >= 15 is 0 Å². The first-order valence-electron chi connectivity index (χ1n) is 9.58. The Hall–Kier alpha value is -2.04. The van der Waals surface area contributed by atoms with Crippen LogP contribution in [0.3, 0.4) is 0 Å². The van der Waals surface area contributed by atoms with Gasteiger partial charge in [-0.2, -0.15) is 0 Å². The molecule has 0 bridgehead atoms. The van der Waals surface area contributed by atoms with Gasteiger partial charge in [-0.25, -0.2) is 4.79 Å². The first-order chi connectivity index (χ1) is 12.3. The van der Waals surface area contributed by atoms with Gasteiger partial charge in [0.05, 0.1) is 6.04 Å². The van der Waals surface area contributed by atoms with Crippen molar-refractivity contribution in [1.82, 2.24) is 9.80 Å². The molecule has 26 heavy (non-hydrogen) atoms. The van der Waals surface area contributed by atoms with Gasteiger partial charge in [-0.15, -0.1) is 0 Å². The van der Waals surface area contributed by atoms with Gasteiger partial charge in [0.25, 0.3) is 0 Å². The smallest absolute Gasteiger partial charge is 0.410 e. The number of piperidine rings is 1. The topological polar surface area (TPSA) is 49.9 Å². The molecule has 1 fully saturated rings. The Morgan fingerprint density at radius 2 is 1.77 bits per heavy atom. The number of ether oxygens (including phenoxy) is 1. The highest BCUT2D eigenvalue weighted by molar-refractivity contribution is 5.80. The Morgan fingerprint density at radius 1 is 1.12 bits per heavy atom. The summed E-state index contributed by atoms with van der Waals surface area (Å²) >= 11 is 0. The third kappa shape index (κ3) is 4.02. The minimum Gasteiger partial charge on any atom is -0.444 e. The molecule has 1 aromatic rings. The second-order valence-corrected chi connectivity index (χ2v) is 8.44. The first-order valence-corrected chi connectivity index (χ1v) is 9.58. The Bertz CT molecular complexity index is 672. The number of benzene rings is 1. The van der Waals surface area contributed by atoms with E-state index < -0.39 is 5.60 Å². The van der Waals surface area contributed by atoms with Crippen LogP contribution in [0.5, 0.6) is 0 Å². The maximum atomic E-state index is 13.0. The molecule has 0 N–H and O–H groups in total. The molecular weight excluding hydrogens is 328 g/mol. The van der Waals surface area contributed by atoms with Crippen molar-refractivity contribution in [3.8, 4) is 0 Å². The lowest BCUT2D eigenvalue weighted by atomic mass is 9.94. The largest absolute Gasteiger partial charge is 0.444 e. The molecular formula is C21H30N2O3. The Labute approximate surface area is 156 Å². The molecule has 0 radical (unpaired) electrons. The van der Waals surface area contributed by atoms with E-state index in [1.165, 1.54) is 11.1 Å². The molecule has 2 aliphatic rings. The van der Waals surface area contributed by atoms with Crippen LogP contribution in [0.15, 0.2) is 24.3 Å². The molecule has 0 aromatic heterocycles. The van der Waals surface area contributed by atoms with E-state index in [0.29, 0.717) is 25.9 Å². The molecule has 1 heterocycles. The summed E-state index contributed by atoms with van der Waals surface area (Å²) in [5.41, 5.74) is 2.16. The van der Waals surface area contributed by atoms with Gasteiger partial charge in [-0.1, -0.05) is 24.3 Å². The lowest BCUT2D eigenvalue weighted by Crippen LogP contribution is -2.45. The van der Waals surface area contributed by atoms with Crippen molar-refractivity contribution in [2.24, 2.45) is 5.92 Å². The molecule has 1 aliphatic heterocycles. The molecule has 142 valence electrons. The fraction of sp³-hybridized carbons (Fsp3) is 0.619. The average Bonchev–Trinajstić information content (AvgIpc) is 3.03. The molecule has 1 aliphatic carbocycles. The summed E-state index contributed by atoms with van der Waals surface area (Å²) in [6.07, 6.45) is 3.17. The summed E-state index contributed by atoms with van der Waals surface area (Å²) in [7, 11) is 1.93. The highest BCUT2D eigenvalue weighted by Crippen LogP contribution is 2.36. The molecule has 5 nitrogen and oxygen atoms in total. The predicted octanol–water partition coefficient (Wildman–Crippen LogP) is 3.78. The molecule has 0 saturated carbocycles. The highest BCUT2D eigenvalue weighted by atomic mass is 16.6. The Balaban J connectivity index is 1.56. The van der Waals surface area contributed by atoms with Gasteiger partial charge in [-0.3, -0.25) is 4.79 Å². The number of rotatable bonds is 2. The van der Waals surface area contributed by atoms with Crippen LogP contribution >= 0.6 is 0 Å². The van der Waals surface area contributed by atoms with Crippen molar-refractivity contribution in [1.29, 1.82) is 0 Å². The fourth-order valence-electron chi connectivity index (χ4n) is 4.01. The molecule has 2 amide bonds. The molecule has 1 aromatic carbocycles.